The first-order valence-corrected chi connectivity index (χ1v) is 11.1. The molecular weight excluding hydrogens is 438 g/mol. The number of aliphatic carboxylic acids is 1. The van der Waals surface area contributed by atoms with Crippen LogP contribution in [0.2, 0.25) is 0 Å². The Morgan fingerprint density at radius 3 is 2.06 bits per heavy atom. The van der Waals surface area contributed by atoms with E-state index in [1.807, 2.05) is 62.4 Å². The van der Waals surface area contributed by atoms with Crippen LogP contribution < -0.4 is 16.0 Å². The number of carbonyl (C=O) groups is 4. The number of fused-ring (bicyclic) bond motifs is 3. The summed E-state index contributed by atoms with van der Waals surface area (Å²) in [7, 11) is 0. The molecule has 3 amide bonds. The number of alkyl carbamates (subject to hydrolysis) is 1. The molecule has 2 aromatic carbocycles. The van der Waals surface area contributed by atoms with Crippen LogP contribution in [0.5, 0.6) is 0 Å². The standard InChI is InChI=1S/C25H29N3O6/c1-15(2)11-21(24(32)27-12-22(29)26-13-23(30)31)28-25(33)34-14-20-18-9-5-3-7-16(18)17-8-4-6-10-19(17)20/h3-10,15,20-21H,11-14H2,1-2H3,(H,26,29)(H,27,32)(H,28,33)(H,30,31). The van der Waals surface area contributed by atoms with E-state index in [1.54, 1.807) is 0 Å². The van der Waals surface area contributed by atoms with E-state index in [0.29, 0.717) is 6.42 Å². The number of carboxylic acid groups (broad SMARTS) is 1. The fourth-order valence-electron chi connectivity index (χ4n) is 4.01. The minimum absolute atomic E-state index is 0.0884. The van der Waals surface area contributed by atoms with E-state index in [4.69, 9.17) is 9.84 Å². The Labute approximate surface area is 197 Å². The second kappa shape index (κ2) is 11.3. The maximum absolute atomic E-state index is 12.6. The van der Waals surface area contributed by atoms with Crippen molar-refractivity contribution in [3.8, 4) is 11.1 Å². The third-order valence-electron chi connectivity index (χ3n) is 5.52. The van der Waals surface area contributed by atoms with Crippen molar-refractivity contribution < 1.29 is 29.0 Å². The molecule has 4 N–H and O–H groups in total. The van der Waals surface area contributed by atoms with Crippen LogP contribution in [0.15, 0.2) is 48.5 Å². The van der Waals surface area contributed by atoms with Crippen LogP contribution in [0.1, 0.15) is 37.3 Å². The molecule has 0 fully saturated rings. The number of hydrogen-bond donors (Lipinski definition) is 4. The van der Waals surface area contributed by atoms with Gasteiger partial charge in [0.15, 0.2) is 0 Å². The van der Waals surface area contributed by atoms with Gasteiger partial charge in [-0.05, 0) is 34.6 Å². The molecule has 2 aromatic rings. The average molecular weight is 468 g/mol. The van der Waals surface area contributed by atoms with E-state index in [-0.39, 0.29) is 18.4 Å². The molecule has 9 heteroatoms. The second-order valence-electron chi connectivity index (χ2n) is 8.54. The van der Waals surface area contributed by atoms with Crippen molar-refractivity contribution in [3.63, 3.8) is 0 Å². The molecule has 0 aliphatic heterocycles. The van der Waals surface area contributed by atoms with Crippen molar-refractivity contribution in [1.29, 1.82) is 0 Å². The molecular formula is C25H29N3O6. The lowest BCUT2D eigenvalue weighted by atomic mass is 9.98. The molecule has 180 valence electrons. The maximum atomic E-state index is 12.6. The molecule has 1 atom stereocenters. The summed E-state index contributed by atoms with van der Waals surface area (Å²) in [6, 6.07) is 15.1. The quantitative estimate of drug-likeness (QED) is 0.424. The molecule has 34 heavy (non-hydrogen) atoms. The number of rotatable bonds is 10. The summed E-state index contributed by atoms with van der Waals surface area (Å²) in [5.41, 5.74) is 4.40. The van der Waals surface area contributed by atoms with E-state index in [1.165, 1.54) is 0 Å². The predicted molar refractivity (Wildman–Crippen MR) is 125 cm³/mol. The highest BCUT2D eigenvalue weighted by Gasteiger charge is 2.30. The van der Waals surface area contributed by atoms with Gasteiger partial charge in [-0.15, -0.1) is 0 Å². The summed E-state index contributed by atoms with van der Waals surface area (Å²) in [5.74, 6) is -2.39. The third kappa shape index (κ3) is 6.34. The Balaban J connectivity index is 1.58. The molecule has 0 spiro atoms. The summed E-state index contributed by atoms with van der Waals surface area (Å²) in [5, 5.41) is 15.8. The lowest BCUT2D eigenvalue weighted by molar-refractivity contribution is -0.137. The largest absolute Gasteiger partial charge is 0.480 e. The van der Waals surface area contributed by atoms with Gasteiger partial charge in [0.2, 0.25) is 11.8 Å². The van der Waals surface area contributed by atoms with E-state index < -0.39 is 43.0 Å². The fourth-order valence-corrected chi connectivity index (χ4v) is 4.01. The highest BCUT2D eigenvalue weighted by molar-refractivity contribution is 5.90. The molecule has 1 unspecified atom stereocenters. The van der Waals surface area contributed by atoms with E-state index in [2.05, 4.69) is 16.0 Å². The first kappa shape index (κ1) is 24.8. The molecule has 0 saturated carbocycles. The van der Waals surface area contributed by atoms with Gasteiger partial charge in [-0.1, -0.05) is 62.4 Å². The highest BCUT2D eigenvalue weighted by atomic mass is 16.5. The van der Waals surface area contributed by atoms with Crippen molar-refractivity contribution in [3.05, 3.63) is 59.7 Å². The van der Waals surface area contributed by atoms with Crippen LogP contribution in [0.4, 0.5) is 4.79 Å². The van der Waals surface area contributed by atoms with Crippen molar-refractivity contribution in [2.75, 3.05) is 19.7 Å². The molecule has 0 aromatic heterocycles. The normalized spacial score (nSPS) is 12.9. The topological polar surface area (TPSA) is 134 Å². The lowest BCUT2D eigenvalue weighted by Crippen LogP contribution is -2.50. The Hall–Kier alpha value is -3.88. The maximum Gasteiger partial charge on any atom is 0.407 e. The van der Waals surface area contributed by atoms with Crippen LogP contribution in [0.25, 0.3) is 11.1 Å². The Morgan fingerprint density at radius 1 is 0.912 bits per heavy atom. The van der Waals surface area contributed by atoms with Crippen LogP contribution in [-0.4, -0.2) is 54.7 Å². The zero-order valence-electron chi connectivity index (χ0n) is 19.2. The molecule has 0 saturated heterocycles. The van der Waals surface area contributed by atoms with E-state index in [9.17, 15) is 19.2 Å². The van der Waals surface area contributed by atoms with Gasteiger partial charge in [0, 0.05) is 5.92 Å². The fraction of sp³-hybridized carbons (Fsp3) is 0.360. The summed E-state index contributed by atoms with van der Waals surface area (Å²) in [4.78, 5) is 47.3. The number of amides is 3. The van der Waals surface area contributed by atoms with Crippen molar-refractivity contribution >= 4 is 23.9 Å². The molecule has 0 radical (unpaired) electrons. The number of ether oxygens (including phenoxy) is 1. The molecule has 0 bridgehead atoms. The van der Waals surface area contributed by atoms with Crippen molar-refractivity contribution in [1.82, 2.24) is 16.0 Å². The van der Waals surface area contributed by atoms with Gasteiger partial charge < -0.3 is 25.8 Å². The zero-order chi connectivity index (χ0) is 24.7. The minimum atomic E-state index is -1.19. The van der Waals surface area contributed by atoms with Gasteiger partial charge in [-0.2, -0.15) is 0 Å². The summed E-state index contributed by atoms with van der Waals surface area (Å²) in [6.45, 7) is 2.99. The number of nitrogens with one attached hydrogen (secondary N) is 3. The second-order valence-corrected chi connectivity index (χ2v) is 8.54. The highest BCUT2D eigenvalue weighted by Crippen LogP contribution is 2.44. The van der Waals surface area contributed by atoms with Gasteiger partial charge in [-0.25, -0.2) is 4.79 Å². The van der Waals surface area contributed by atoms with E-state index >= 15 is 0 Å². The Morgan fingerprint density at radius 2 is 1.50 bits per heavy atom. The summed E-state index contributed by atoms with van der Waals surface area (Å²) < 4.78 is 5.52. The van der Waals surface area contributed by atoms with Crippen molar-refractivity contribution in [2.45, 2.75) is 32.2 Å². The smallest absolute Gasteiger partial charge is 0.407 e. The third-order valence-corrected chi connectivity index (χ3v) is 5.52. The van der Waals surface area contributed by atoms with Gasteiger partial charge in [-0.3, -0.25) is 14.4 Å². The minimum Gasteiger partial charge on any atom is -0.480 e. The van der Waals surface area contributed by atoms with Crippen LogP contribution in [0.3, 0.4) is 0 Å². The summed E-state index contributed by atoms with van der Waals surface area (Å²) in [6.07, 6.45) is -0.384. The van der Waals surface area contributed by atoms with Gasteiger partial charge in [0.1, 0.15) is 19.2 Å². The Kier molecular flexibility index (Phi) is 8.24. The molecule has 9 nitrogen and oxygen atoms in total. The average Bonchev–Trinajstić information content (AvgIpc) is 3.13. The zero-order valence-corrected chi connectivity index (χ0v) is 19.2. The van der Waals surface area contributed by atoms with Gasteiger partial charge in [0.25, 0.3) is 0 Å². The molecule has 3 rings (SSSR count). The molecule has 1 aliphatic carbocycles. The van der Waals surface area contributed by atoms with Crippen LogP contribution in [0, 0.1) is 5.92 Å². The Bertz CT molecular complexity index is 1020. The first-order chi connectivity index (χ1) is 16.3. The SMILES string of the molecule is CC(C)CC(NC(=O)OCC1c2ccccc2-c2ccccc21)C(=O)NCC(=O)NCC(=O)O. The van der Waals surface area contributed by atoms with Gasteiger partial charge >= 0.3 is 12.1 Å². The van der Waals surface area contributed by atoms with Gasteiger partial charge in [0.05, 0.1) is 6.54 Å². The number of carboxylic acids is 1. The summed E-state index contributed by atoms with van der Waals surface area (Å²) >= 11 is 0. The molecule has 0 heterocycles. The lowest BCUT2D eigenvalue weighted by Gasteiger charge is -2.21. The number of carbonyl (C=O) groups excluding carboxylic acids is 3. The predicted octanol–water partition coefficient (Wildman–Crippen LogP) is 2.26. The van der Waals surface area contributed by atoms with Crippen LogP contribution >= 0.6 is 0 Å². The monoisotopic (exact) mass is 467 g/mol. The van der Waals surface area contributed by atoms with E-state index in [0.717, 1.165) is 22.3 Å². The van der Waals surface area contributed by atoms with Crippen LogP contribution in [-0.2, 0) is 19.1 Å². The first-order valence-electron chi connectivity index (χ1n) is 11.1. The van der Waals surface area contributed by atoms with Crippen molar-refractivity contribution in [2.24, 2.45) is 5.92 Å². The number of hydrogen-bond acceptors (Lipinski definition) is 5. The molecule has 1 aliphatic rings. The number of benzene rings is 2.